The summed E-state index contributed by atoms with van der Waals surface area (Å²) in [5, 5.41) is 9.91. The minimum Gasteiger partial charge on any atom is -0.465 e. The van der Waals surface area contributed by atoms with Crippen molar-refractivity contribution in [1.29, 1.82) is 0 Å². The number of aliphatic hydroxyl groups is 1. The number of aliphatic hydroxyl groups excluding tert-OH is 1. The highest BCUT2D eigenvalue weighted by atomic mass is 16.6. The van der Waals surface area contributed by atoms with Gasteiger partial charge in [0, 0.05) is 18.6 Å². The molecule has 2 bridgehead atoms. The molecule has 0 radical (unpaired) electrons. The lowest BCUT2D eigenvalue weighted by atomic mass is 9.65. The normalized spacial score (nSPS) is 29.9. The van der Waals surface area contributed by atoms with Crippen molar-refractivity contribution in [2.24, 2.45) is 17.3 Å². The highest BCUT2D eigenvalue weighted by Crippen LogP contribution is 2.64. The van der Waals surface area contributed by atoms with Gasteiger partial charge in [0.2, 0.25) is 11.8 Å². The molecule has 0 aromatic rings. The van der Waals surface area contributed by atoms with Crippen LogP contribution in [0.2, 0.25) is 0 Å². The van der Waals surface area contributed by atoms with Crippen LogP contribution >= 0.6 is 0 Å². The molecular weight excluding hydrogens is 496 g/mol. The van der Waals surface area contributed by atoms with Gasteiger partial charge in [-0.25, -0.2) is 0 Å². The maximum atomic E-state index is 14.6. The molecule has 39 heavy (non-hydrogen) atoms. The van der Waals surface area contributed by atoms with Crippen LogP contribution in [-0.2, 0) is 23.9 Å². The van der Waals surface area contributed by atoms with E-state index in [0.717, 1.165) is 19.3 Å². The van der Waals surface area contributed by atoms with E-state index < -0.39 is 40.6 Å². The van der Waals surface area contributed by atoms with Crippen molar-refractivity contribution in [3.8, 4) is 0 Å². The van der Waals surface area contributed by atoms with Gasteiger partial charge in [0.25, 0.3) is 0 Å². The quantitative estimate of drug-likeness (QED) is 0.199. The van der Waals surface area contributed by atoms with Crippen LogP contribution in [0.3, 0.4) is 0 Å². The first-order valence-electron chi connectivity index (χ1n) is 14.6. The Morgan fingerprint density at radius 1 is 1.18 bits per heavy atom. The summed E-state index contributed by atoms with van der Waals surface area (Å²) < 4.78 is 12.5. The number of allylic oxidation sites excluding steroid dienone is 1. The number of esters is 1. The van der Waals surface area contributed by atoms with Gasteiger partial charge in [0.1, 0.15) is 17.6 Å². The number of β-amino-alcohol motifs (C(OH)–C–C–N with tert-alkyl or cyclic N) is 1. The smallest absolute Gasteiger partial charge is 0.312 e. The van der Waals surface area contributed by atoms with E-state index in [1.807, 2.05) is 26.8 Å². The number of rotatable bonds is 14. The van der Waals surface area contributed by atoms with E-state index >= 15 is 0 Å². The Hall–Kier alpha value is -2.19. The molecule has 3 fully saturated rings. The fraction of sp³-hybridized carbons (Fsp3) is 0.774. The Morgan fingerprint density at radius 2 is 1.87 bits per heavy atom. The molecule has 3 aliphatic rings. The van der Waals surface area contributed by atoms with E-state index in [4.69, 9.17) is 9.47 Å². The maximum Gasteiger partial charge on any atom is 0.312 e. The first-order chi connectivity index (χ1) is 18.2. The van der Waals surface area contributed by atoms with Crippen LogP contribution in [0.4, 0.5) is 0 Å². The highest BCUT2D eigenvalue weighted by molar-refractivity contribution is 5.98. The lowest BCUT2D eigenvalue weighted by molar-refractivity contribution is -0.163. The molecule has 1 spiro atoms. The maximum absolute atomic E-state index is 14.6. The second-order valence-electron chi connectivity index (χ2n) is 13.3. The molecule has 5 atom stereocenters. The van der Waals surface area contributed by atoms with Crippen LogP contribution in [0.1, 0.15) is 86.5 Å². The number of carbonyl (C=O) groups is 3. The number of hydrogen-bond donors (Lipinski definition) is 1. The predicted octanol–water partition coefficient (Wildman–Crippen LogP) is 4.26. The molecule has 220 valence electrons. The third-order valence-corrected chi connectivity index (χ3v) is 8.83. The summed E-state index contributed by atoms with van der Waals surface area (Å²) in [6.45, 7) is 20.4. The van der Waals surface area contributed by atoms with Gasteiger partial charge in [-0.15, -0.1) is 13.2 Å². The Balaban J connectivity index is 2.01. The summed E-state index contributed by atoms with van der Waals surface area (Å²) in [7, 11) is 0. The number of amides is 2. The Bertz CT molecular complexity index is 955. The Kier molecular flexibility index (Phi) is 9.43. The summed E-state index contributed by atoms with van der Waals surface area (Å²) in [6, 6.07) is -0.930. The van der Waals surface area contributed by atoms with E-state index in [1.54, 1.807) is 11.0 Å². The summed E-state index contributed by atoms with van der Waals surface area (Å²) in [5.74, 6) is -2.55. The third kappa shape index (κ3) is 5.69. The molecule has 2 unspecified atom stereocenters. The molecule has 8 heteroatoms. The van der Waals surface area contributed by atoms with E-state index in [-0.39, 0.29) is 37.0 Å². The summed E-state index contributed by atoms with van der Waals surface area (Å²) >= 11 is 0. The summed E-state index contributed by atoms with van der Waals surface area (Å²) in [6.07, 6.45) is 8.33. The highest BCUT2D eigenvalue weighted by Gasteiger charge is 2.79. The summed E-state index contributed by atoms with van der Waals surface area (Å²) in [4.78, 5) is 45.4. The van der Waals surface area contributed by atoms with Crippen molar-refractivity contribution in [3.63, 3.8) is 0 Å². The van der Waals surface area contributed by atoms with Gasteiger partial charge in [0.15, 0.2) is 0 Å². The second kappa shape index (κ2) is 11.7. The van der Waals surface area contributed by atoms with Crippen molar-refractivity contribution in [2.45, 2.75) is 109 Å². The molecule has 3 saturated heterocycles. The number of nitrogens with zero attached hydrogens (tertiary/aromatic N) is 2. The van der Waals surface area contributed by atoms with Crippen LogP contribution in [0, 0.1) is 17.3 Å². The minimum absolute atomic E-state index is 0.000917. The molecule has 1 N–H and O–H groups in total. The average molecular weight is 547 g/mol. The van der Waals surface area contributed by atoms with Gasteiger partial charge in [-0.05, 0) is 64.2 Å². The van der Waals surface area contributed by atoms with Crippen molar-refractivity contribution in [2.75, 3.05) is 26.3 Å². The van der Waals surface area contributed by atoms with Crippen LogP contribution in [0.15, 0.2) is 25.3 Å². The lowest BCUT2D eigenvalue weighted by Crippen LogP contribution is -2.61. The Morgan fingerprint density at radius 3 is 2.44 bits per heavy atom. The summed E-state index contributed by atoms with van der Waals surface area (Å²) in [5.41, 5.74) is -2.56. The predicted molar refractivity (Wildman–Crippen MR) is 151 cm³/mol. The fourth-order valence-electron chi connectivity index (χ4n) is 7.66. The van der Waals surface area contributed by atoms with Crippen molar-refractivity contribution < 1.29 is 29.0 Å². The van der Waals surface area contributed by atoms with E-state index in [9.17, 15) is 19.5 Å². The van der Waals surface area contributed by atoms with E-state index in [2.05, 4.69) is 33.9 Å². The van der Waals surface area contributed by atoms with E-state index in [0.29, 0.717) is 32.2 Å². The van der Waals surface area contributed by atoms with Gasteiger partial charge in [0.05, 0.1) is 24.7 Å². The number of likely N-dealkylation sites (tertiary alicyclic amines) is 1. The van der Waals surface area contributed by atoms with Crippen LogP contribution < -0.4 is 0 Å². The SMILES string of the molecule is C=CCCCCOC(=O)[C@@H]1[C@H]2C(=O)N(CCO)C(C(=O)N(CC=C)C(C)(C)CC(C)(C)C)C23CC[C@@]1(CC)O3. The lowest BCUT2D eigenvalue weighted by Gasteiger charge is -2.45. The number of unbranched alkanes of at least 4 members (excludes halogenated alkanes) is 2. The van der Waals surface area contributed by atoms with Gasteiger partial charge < -0.3 is 24.4 Å². The Labute approximate surface area is 234 Å². The molecule has 0 saturated carbocycles. The van der Waals surface area contributed by atoms with Gasteiger partial charge >= 0.3 is 5.97 Å². The zero-order valence-electron chi connectivity index (χ0n) is 25.0. The number of carbonyl (C=O) groups excluding carboxylic acids is 3. The zero-order valence-corrected chi connectivity index (χ0v) is 25.0. The first kappa shape index (κ1) is 31.3. The number of hydrogen-bond acceptors (Lipinski definition) is 6. The molecule has 3 rings (SSSR count). The molecular formula is C31H50N2O6. The standard InChI is InChI=1S/C31H50N2O6/c1-9-12-13-14-20-38-27(37)23-22-25(35)32(18-19-34)24(31(22)16-15-30(23,11-3)39-31)26(36)33(17-10-2)29(7,8)21-28(4,5)6/h9-10,22-24,34H,1-2,11-21H2,3-8H3/t22-,23-,24?,30+,31?/m0/s1. The zero-order chi connectivity index (χ0) is 29.2. The molecule has 0 aromatic carbocycles. The van der Waals surface area contributed by atoms with Crippen LogP contribution in [0.25, 0.3) is 0 Å². The molecule has 3 aliphatic heterocycles. The third-order valence-electron chi connectivity index (χ3n) is 8.83. The van der Waals surface area contributed by atoms with Crippen LogP contribution in [0.5, 0.6) is 0 Å². The van der Waals surface area contributed by atoms with Crippen molar-refractivity contribution in [1.82, 2.24) is 9.80 Å². The van der Waals surface area contributed by atoms with E-state index in [1.165, 1.54) is 4.90 Å². The van der Waals surface area contributed by atoms with Gasteiger partial charge in [-0.3, -0.25) is 14.4 Å². The number of fused-ring (bicyclic) bond motifs is 1. The molecule has 0 aliphatic carbocycles. The second-order valence-corrected chi connectivity index (χ2v) is 13.3. The fourth-order valence-corrected chi connectivity index (χ4v) is 7.66. The average Bonchev–Trinajstić information content (AvgIpc) is 3.44. The van der Waals surface area contributed by atoms with Crippen molar-refractivity contribution >= 4 is 17.8 Å². The minimum atomic E-state index is -1.14. The van der Waals surface area contributed by atoms with Gasteiger partial charge in [-0.2, -0.15) is 0 Å². The molecule has 0 aromatic heterocycles. The van der Waals surface area contributed by atoms with Gasteiger partial charge in [-0.1, -0.05) is 39.8 Å². The molecule has 2 amide bonds. The number of ether oxygens (including phenoxy) is 2. The topological polar surface area (TPSA) is 96.4 Å². The largest absolute Gasteiger partial charge is 0.465 e. The molecule has 3 heterocycles. The molecule has 8 nitrogen and oxygen atoms in total. The van der Waals surface area contributed by atoms with Crippen molar-refractivity contribution in [3.05, 3.63) is 25.3 Å². The first-order valence-corrected chi connectivity index (χ1v) is 14.6. The van der Waals surface area contributed by atoms with Crippen LogP contribution in [-0.4, -0.2) is 81.8 Å². The monoisotopic (exact) mass is 546 g/mol.